The minimum absolute atomic E-state index is 0.0824. The molecule has 1 fully saturated rings. The molecule has 0 unspecified atom stereocenters. The molecule has 2 heterocycles. The van der Waals surface area contributed by atoms with Crippen LogP contribution in [0.3, 0.4) is 0 Å². The van der Waals surface area contributed by atoms with Crippen LogP contribution >= 0.6 is 11.3 Å². The maximum absolute atomic E-state index is 11.3. The van der Waals surface area contributed by atoms with Gasteiger partial charge in [0.15, 0.2) is 0 Å². The predicted octanol–water partition coefficient (Wildman–Crippen LogP) is 0.920. The summed E-state index contributed by atoms with van der Waals surface area (Å²) < 4.78 is 0. The van der Waals surface area contributed by atoms with Crippen molar-refractivity contribution < 1.29 is 4.79 Å². The van der Waals surface area contributed by atoms with E-state index in [1.54, 1.807) is 18.4 Å². The monoisotopic (exact) mass is 292 g/mol. The summed E-state index contributed by atoms with van der Waals surface area (Å²) in [7, 11) is 1.67. The highest BCUT2D eigenvalue weighted by atomic mass is 32.1. The number of piperidine rings is 1. The van der Waals surface area contributed by atoms with E-state index in [4.69, 9.17) is 5.26 Å². The zero-order valence-electron chi connectivity index (χ0n) is 11.7. The zero-order chi connectivity index (χ0) is 14.4. The minimum atomic E-state index is 0.0824. The van der Waals surface area contributed by atoms with E-state index in [9.17, 15) is 4.79 Å². The summed E-state index contributed by atoms with van der Waals surface area (Å²) in [5, 5.41) is 15.0. The van der Waals surface area contributed by atoms with Crippen molar-refractivity contribution in [1.29, 1.82) is 5.26 Å². The number of hydrogen-bond donors (Lipinski definition) is 2. The van der Waals surface area contributed by atoms with Crippen molar-refractivity contribution in [3.63, 3.8) is 0 Å². The summed E-state index contributed by atoms with van der Waals surface area (Å²) in [5.41, 5.74) is 0. The maximum atomic E-state index is 11.3. The lowest BCUT2D eigenvalue weighted by Crippen LogP contribution is -2.45. The Kier molecular flexibility index (Phi) is 5.53. The van der Waals surface area contributed by atoms with E-state index in [2.05, 4.69) is 21.6 Å². The summed E-state index contributed by atoms with van der Waals surface area (Å²) in [6.45, 7) is 3.24. The van der Waals surface area contributed by atoms with Gasteiger partial charge in [-0.2, -0.15) is 5.26 Å². The van der Waals surface area contributed by atoms with Crippen LogP contribution in [0.2, 0.25) is 0 Å². The molecule has 20 heavy (non-hydrogen) atoms. The highest BCUT2D eigenvalue weighted by Gasteiger charge is 2.20. The zero-order valence-corrected chi connectivity index (χ0v) is 12.5. The van der Waals surface area contributed by atoms with Gasteiger partial charge in [-0.05, 0) is 25.0 Å². The molecule has 0 radical (unpaired) electrons. The second kappa shape index (κ2) is 7.39. The van der Waals surface area contributed by atoms with Crippen LogP contribution in [0.4, 0.5) is 0 Å². The molecule has 2 rings (SSSR count). The summed E-state index contributed by atoms with van der Waals surface area (Å²) in [5.74, 6) is 0.0824. The Balaban J connectivity index is 1.69. The number of likely N-dealkylation sites (tertiary alicyclic amines) is 1. The Morgan fingerprint density at radius 1 is 1.50 bits per heavy atom. The van der Waals surface area contributed by atoms with Gasteiger partial charge in [0.25, 0.3) is 0 Å². The predicted molar refractivity (Wildman–Crippen MR) is 79.4 cm³/mol. The van der Waals surface area contributed by atoms with Gasteiger partial charge in [0.05, 0.1) is 6.54 Å². The Labute approximate surface area is 123 Å². The largest absolute Gasteiger partial charge is 0.358 e. The molecule has 1 aromatic heterocycles. The molecular weight excluding hydrogens is 272 g/mol. The lowest BCUT2D eigenvalue weighted by molar-refractivity contribution is -0.122. The van der Waals surface area contributed by atoms with Crippen molar-refractivity contribution in [3.05, 3.63) is 21.9 Å². The van der Waals surface area contributed by atoms with Gasteiger partial charge in [0.1, 0.15) is 10.9 Å². The summed E-state index contributed by atoms with van der Waals surface area (Å²) in [6, 6.07) is 6.54. The second-order valence-electron chi connectivity index (χ2n) is 4.98. The van der Waals surface area contributed by atoms with E-state index in [0.717, 1.165) is 37.4 Å². The fourth-order valence-electron chi connectivity index (χ4n) is 2.36. The molecule has 5 nitrogen and oxygen atoms in total. The quantitative estimate of drug-likeness (QED) is 0.847. The number of carbonyl (C=O) groups excluding carboxylic acids is 1. The van der Waals surface area contributed by atoms with Crippen LogP contribution in [0.5, 0.6) is 0 Å². The Morgan fingerprint density at radius 2 is 2.25 bits per heavy atom. The van der Waals surface area contributed by atoms with E-state index in [0.29, 0.717) is 12.6 Å². The molecule has 0 atom stereocenters. The van der Waals surface area contributed by atoms with Crippen molar-refractivity contribution in [3.8, 4) is 6.07 Å². The van der Waals surface area contributed by atoms with E-state index in [1.165, 1.54) is 4.88 Å². The number of amides is 1. The van der Waals surface area contributed by atoms with Crippen LogP contribution in [0.15, 0.2) is 12.1 Å². The molecule has 2 N–H and O–H groups in total. The topological polar surface area (TPSA) is 68.2 Å². The second-order valence-corrected chi connectivity index (χ2v) is 6.15. The third-order valence-corrected chi connectivity index (χ3v) is 4.56. The molecule has 0 aliphatic carbocycles. The minimum Gasteiger partial charge on any atom is -0.358 e. The molecule has 0 aromatic carbocycles. The van der Waals surface area contributed by atoms with Crippen molar-refractivity contribution in [2.24, 2.45) is 0 Å². The number of likely N-dealkylation sites (N-methyl/N-ethyl adjacent to an activating group) is 1. The molecule has 1 aliphatic rings. The number of nitriles is 1. The van der Waals surface area contributed by atoms with Gasteiger partial charge in [-0.1, -0.05) is 0 Å². The van der Waals surface area contributed by atoms with Crippen LogP contribution in [-0.4, -0.2) is 43.5 Å². The van der Waals surface area contributed by atoms with E-state index < -0.39 is 0 Å². The molecule has 0 bridgehead atoms. The molecule has 1 aliphatic heterocycles. The molecule has 0 saturated carbocycles. The standard InChI is InChI=1S/C14H20N4OS/c1-16-14(19)10-18-6-4-11(5-7-18)17-9-13-3-2-12(8-15)20-13/h2-3,11,17H,4-7,9-10H2,1H3,(H,16,19). The van der Waals surface area contributed by atoms with E-state index >= 15 is 0 Å². The van der Waals surface area contributed by atoms with Crippen LogP contribution in [-0.2, 0) is 11.3 Å². The molecular formula is C14H20N4OS. The van der Waals surface area contributed by atoms with Gasteiger partial charge < -0.3 is 10.6 Å². The molecule has 1 saturated heterocycles. The molecule has 0 spiro atoms. The van der Waals surface area contributed by atoms with Crippen LogP contribution in [0, 0.1) is 11.3 Å². The lowest BCUT2D eigenvalue weighted by Gasteiger charge is -2.31. The summed E-state index contributed by atoms with van der Waals surface area (Å²) in [6.07, 6.45) is 2.13. The molecule has 6 heteroatoms. The van der Waals surface area contributed by atoms with Crippen LogP contribution in [0.1, 0.15) is 22.6 Å². The number of nitrogens with one attached hydrogen (secondary N) is 2. The first kappa shape index (κ1) is 15.0. The number of carbonyl (C=O) groups is 1. The fraction of sp³-hybridized carbons (Fsp3) is 0.571. The SMILES string of the molecule is CNC(=O)CN1CCC(NCc2ccc(C#N)s2)CC1. The summed E-state index contributed by atoms with van der Waals surface area (Å²) in [4.78, 5) is 15.5. The van der Waals surface area contributed by atoms with Gasteiger partial charge in [-0.25, -0.2) is 0 Å². The third-order valence-electron chi connectivity index (χ3n) is 3.57. The van der Waals surface area contributed by atoms with Crippen LogP contribution in [0.25, 0.3) is 0 Å². The average molecular weight is 292 g/mol. The van der Waals surface area contributed by atoms with Gasteiger partial charge in [0, 0.05) is 37.6 Å². The van der Waals surface area contributed by atoms with E-state index in [-0.39, 0.29) is 5.91 Å². The Bertz CT molecular complexity index is 486. The van der Waals surface area contributed by atoms with Crippen molar-refractivity contribution >= 4 is 17.2 Å². The number of thiophene rings is 1. The number of rotatable bonds is 5. The normalized spacial score (nSPS) is 16.8. The Hall–Kier alpha value is -1.42. The van der Waals surface area contributed by atoms with Gasteiger partial charge in [-0.3, -0.25) is 9.69 Å². The first-order valence-electron chi connectivity index (χ1n) is 6.86. The smallest absolute Gasteiger partial charge is 0.233 e. The lowest BCUT2D eigenvalue weighted by atomic mass is 10.1. The van der Waals surface area contributed by atoms with E-state index in [1.807, 2.05) is 12.1 Å². The van der Waals surface area contributed by atoms with Crippen molar-refractivity contribution in [1.82, 2.24) is 15.5 Å². The Morgan fingerprint density at radius 3 is 2.85 bits per heavy atom. The third kappa shape index (κ3) is 4.30. The highest BCUT2D eigenvalue weighted by Crippen LogP contribution is 2.16. The number of nitrogens with zero attached hydrogens (tertiary/aromatic N) is 2. The maximum Gasteiger partial charge on any atom is 0.233 e. The average Bonchev–Trinajstić information content (AvgIpc) is 2.94. The number of hydrogen-bond acceptors (Lipinski definition) is 5. The fourth-order valence-corrected chi connectivity index (χ4v) is 3.11. The molecule has 1 amide bonds. The van der Waals surface area contributed by atoms with Gasteiger partial charge >= 0.3 is 0 Å². The first-order chi connectivity index (χ1) is 9.71. The van der Waals surface area contributed by atoms with Crippen molar-refractivity contribution in [2.45, 2.75) is 25.4 Å². The van der Waals surface area contributed by atoms with Crippen molar-refractivity contribution in [2.75, 3.05) is 26.7 Å². The van der Waals surface area contributed by atoms with Gasteiger partial charge in [-0.15, -0.1) is 11.3 Å². The van der Waals surface area contributed by atoms with Gasteiger partial charge in [0.2, 0.25) is 5.91 Å². The molecule has 1 aromatic rings. The molecule has 108 valence electrons. The highest BCUT2D eigenvalue weighted by molar-refractivity contribution is 7.12. The summed E-state index contributed by atoms with van der Waals surface area (Å²) >= 11 is 1.55. The van der Waals surface area contributed by atoms with Crippen LogP contribution < -0.4 is 10.6 Å². The first-order valence-corrected chi connectivity index (χ1v) is 7.68.